The largest absolute Gasteiger partial charge is 0.486 e. The zero-order chi connectivity index (χ0) is 12.8. The number of rotatable bonds is 3. The van der Waals surface area contributed by atoms with Gasteiger partial charge in [-0.1, -0.05) is 12.1 Å². The second-order valence-corrected chi connectivity index (χ2v) is 3.98. The van der Waals surface area contributed by atoms with E-state index in [1.807, 2.05) is 31.2 Å². The highest BCUT2D eigenvalue weighted by Gasteiger charge is 2.20. The van der Waals surface area contributed by atoms with Crippen molar-refractivity contribution in [3.8, 4) is 11.5 Å². The van der Waals surface area contributed by atoms with Crippen LogP contribution >= 0.6 is 0 Å². The molecule has 1 aromatic carbocycles. The smallest absolute Gasteiger partial charge is 0.191 e. The fourth-order valence-electron chi connectivity index (χ4n) is 1.76. The molecule has 5 nitrogen and oxygen atoms in total. The third-order valence-electron chi connectivity index (χ3n) is 2.63. The van der Waals surface area contributed by atoms with Gasteiger partial charge in [0.15, 0.2) is 17.5 Å². The van der Waals surface area contributed by atoms with E-state index < -0.39 is 0 Å². The minimum atomic E-state index is -0.00435. The van der Waals surface area contributed by atoms with Gasteiger partial charge in [-0.3, -0.25) is 4.99 Å². The van der Waals surface area contributed by atoms with Gasteiger partial charge in [-0.05, 0) is 19.1 Å². The summed E-state index contributed by atoms with van der Waals surface area (Å²) < 4.78 is 11.5. The highest BCUT2D eigenvalue weighted by atomic mass is 16.6. The van der Waals surface area contributed by atoms with E-state index in [9.17, 15) is 0 Å². The Bertz CT molecular complexity index is 420. The van der Waals surface area contributed by atoms with Gasteiger partial charge in [-0.15, -0.1) is 0 Å². The van der Waals surface area contributed by atoms with E-state index in [0.29, 0.717) is 13.2 Å². The van der Waals surface area contributed by atoms with Gasteiger partial charge in [0.2, 0.25) is 0 Å². The average Bonchev–Trinajstić information content (AvgIpc) is 2.43. The summed E-state index contributed by atoms with van der Waals surface area (Å²) in [7, 11) is 1.75. The van der Waals surface area contributed by atoms with Gasteiger partial charge in [0.05, 0.1) is 6.54 Å². The third kappa shape index (κ3) is 3.06. The van der Waals surface area contributed by atoms with Gasteiger partial charge in [0.1, 0.15) is 12.7 Å². The van der Waals surface area contributed by atoms with Crippen LogP contribution in [0.1, 0.15) is 6.92 Å². The van der Waals surface area contributed by atoms with Crippen molar-refractivity contribution in [2.75, 3.05) is 26.7 Å². The number of hydrogen-bond donors (Lipinski definition) is 2. The van der Waals surface area contributed by atoms with Crippen LogP contribution in [0.3, 0.4) is 0 Å². The number of nitrogens with one attached hydrogen (secondary N) is 2. The molecule has 0 spiro atoms. The summed E-state index contributed by atoms with van der Waals surface area (Å²) in [4.78, 5) is 4.10. The van der Waals surface area contributed by atoms with E-state index in [2.05, 4.69) is 15.6 Å². The van der Waals surface area contributed by atoms with Crippen LogP contribution in [0, 0.1) is 0 Å². The van der Waals surface area contributed by atoms with Crippen molar-refractivity contribution in [3.05, 3.63) is 24.3 Å². The molecule has 0 radical (unpaired) electrons. The highest BCUT2D eigenvalue weighted by Crippen LogP contribution is 2.30. The third-order valence-corrected chi connectivity index (χ3v) is 2.63. The summed E-state index contributed by atoms with van der Waals surface area (Å²) in [5.41, 5.74) is 0. The van der Waals surface area contributed by atoms with Gasteiger partial charge in [0.25, 0.3) is 0 Å². The minimum Gasteiger partial charge on any atom is -0.486 e. The van der Waals surface area contributed by atoms with Crippen LogP contribution in [0.25, 0.3) is 0 Å². The number of aliphatic imine (C=N–C) groups is 1. The number of nitrogens with zero attached hydrogens (tertiary/aromatic N) is 1. The van der Waals surface area contributed by atoms with Crippen LogP contribution in [0.5, 0.6) is 11.5 Å². The molecule has 2 rings (SSSR count). The summed E-state index contributed by atoms with van der Waals surface area (Å²) in [6.07, 6.45) is -0.00435. The summed E-state index contributed by atoms with van der Waals surface area (Å²) >= 11 is 0. The first kappa shape index (κ1) is 12.5. The molecule has 18 heavy (non-hydrogen) atoms. The van der Waals surface area contributed by atoms with Crippen LogP contribution in [-0.2, 0) is 0 Å². The summed E-state index contributed by atoms with van der Waals surface area (Å²) in [5, 5.41) is 6.34. The van der Waals surface area contributed by atoms with Crippen molar-refractivity contribution in [2.45, 2.75) is 13.0 Å². The predicted octanol–water partition coefficient (Wildman–Crippen LogP) is 1.01. The first-order valence-corrected chi connectivity index (χ1v) is 6.16. The maximum absolute atomic E-state index is 5.83. The van der Waals surface area contributed by atoms with E-state index in [-0.39, 0.29) is 6.10 Å². The Morgan fingerprint density at radius 2 is 2.11 bits per heavy atom. The molecule has 0 saturated carbocycles. The van der Waals surface area contributed by atoms with E-state index in [0.717, 1.165) is 24.0 Å². The Morgan fingerprint density at radius 3 is 2.83 bits per heavy atom. The molecule has 1 atom stereocenters. The molecule has 1 aliphatic rings. The van der Waals surface area contributed by atoms with Crippen molar-refractivity contribution in [1.29, 1.82) is 0 Å². The monoisotopic (exact) mass is 249 g/mol. The number of ether oxygens (including phenoxy) is 2. The lowest BCUT2D eigenvalue weighted by Crippen LogP contribution is -2.45. The molecule has 0 saturated heterocycles. The number of para-hydroxylation sites is 2. The molecule has 0 amide bonds. The molecule has 0 bridgehead atoms. The summed E-state index contributed by atoms with van der Waals surface area (Å²) in [6.45, 7) is 4.08. The van der Waals surface area contributed by atoms with Gasteiger partial charge in [0, 0.05) is 13.6 Å². The maximum Gasteiger partial charge on any atom is 0.191 e. The molecule has 1 heterocycles. The predicted molar refractivity (Wildman–Crippen MR) is 71.4 cm³/mol. The van der Waals surface area contributed by atoms with Crippen LogP contribution in [-0.4, -0.2) is 38.8 Å². The van der Waals surface area contributed by atoms with Gasteiger partial charge < -0.3 is 20.1 Å². The molecule has 0 fully saturated rings. The van der Waals surface area contributed by atoms with Crippen molar-refractivity contribution < 1.29 is 9.47 Å². The van der Waals surface area contributed by atoms with Crippen molar-refractivity contribution in [3.63, 3.8) is 0 Å². The summed E-state index contributed by atoms with van der Waals surface area (Å²) in [6, 6.07) is 7.71. The number of fused-ring (bicyclic) bond motifs is 1. The quantitative estimate of drug-likeness (QED) is 0.620. The first-order valence-electron chi connectivity index (χ1n) is 6.16. The molecule has 98 valence electrons. The molecule has 1 aromatic rings. The topological polar surface area (TPSA) is 54.9 Å². The lowest BCUT2D eigenvalue weighted by Gasteiger charge is -2.27. The number of hydrogen-bond acceptors (Lipinski definition) is 3. The molecule has 0 aliphatic carbocycles. The van der Waals surface area contributed by atoms with E-state index >= 15 is 0 Å². The molecule has 1 aliphatic heterocycles. The number of guanidine groups is 1. The van der Waals surface area contributed by atoms with Crippen molar-refractivity contribution in [2.24, 2.45) is 4.99 Å². The van der Waals surface area contributed by atoms with E-state index in [1.165, 1.54) is 0 Å². The molecule has 5 heteroatoms. The zero-order valence-electron chi connectivity index (χ0n) is 10.8. The summed E-state index contributed by atoms with van der Waals surface area (Å²) in [5.74, 6) is 2.39. The highest BCUT2D eigenvalue weighted by molar-refractivity contribution is 5.79. The van der Waals surface area contributed by atoms with E-state index in [1.54, 1.807) is 7.05 Å². The maximum atomic E-state index is 5.83. The molecular weight excluding hydrogens is 230 g/mol. The van der Waals surface area contributed by atoms with Gasteiger partial charge in [-0.25, -0.2) is 0 Å². The first-order chi connectivity index (χ1) is 8.83. The SMILES string of the molecule is CCNC(=NC)NCC1COc2ccccc2O1. The lowest BCUT2D eigenvalue weighted by molar-refractivity contribution is 0.0936. The standard InChI is InChI=1S/C13H19N3O2/c1-3-15-13(14-2)16-8-10-9-17-11-6-4-5-7-12(11)18-10/h4-7,10H,3,8-9H2,1-2H3,(H2,14,15,16). The Hall–Kier alpha value is -1.91. The Labute approximate surface area is 107 Å². The van der Waals surface area contributed by atoms with Crippen LogP contribution in [0.2, 0.25) is 0 Å². The van der Waals surface area contributed by atoms with Crippen LogP contribution in [0.15, 0.2) is 29.3 Å². The molecular formula is C13H19N3O2. The van der Waals surface area contributed by atoms with E-state index in [4.69, 9.17) is 9.47 Å². The molecule has 0 aromatic heterocycles. The zero-order valence-corrected chi connectivity index (χ0v) is 10.8. The van der Waals surface area contributed by atoms with Crippen molar-refractivity contribution in [1.82, 2.24) is 10.6 Å². The molecule has 1 unspecified atom stereocenters. The second kappa shape index (κ2) is 6.14. The minimum absolute atomic E-state index is 0.00435. The van der Waals surface area contributed by atoms with Crippen LogP contribution < -0.4 is 20.1 Å². The lowest BCUT2D eigenvalue weighted by atomic mass is 10.2. The van der Waals surface area contributed by atoms with Gasteiger partial charge >= 0.3 is 0 Å². The Balaban J connectivity index is 1.86. The fraction of sp³-hybridized carbons (Fsp3) is 0.462. The number of benzene rings is 1. The van der Waals surface area contributed by atoms with Crippen LogP contribution in [0.4, 0.5) is 0 Å². The Morgan fingerprint density at radius 1 is 1.33 bits per heavy atom. The fourth-order valence-corrected chi connectivity index (χ4v) is 1.76. The van der Waals surface area contributed by atoms with Crippen molar-refractivity contribution >= 4 is 5.96 Å². The van der Waals surface area contributed by atoms with Gasteiger partial charge in [-0.2, -0.15) is 0 Å². The second-order valence-electron chi connectivity index (χ2n) is 3.98. The average molecular weight is 249 g/mol. The normalized spacial score (nSPS) is 18.3. The molecule has 2 N–H and O–H groups in total. The Kier molecular flexibility index (Phi) is 4.28.